The minimum atomic E-state index is 0.00702. The van der Waals surface area contributed by atoms with Gasteiger partial charge in [0.05, 0.1) is 12.5 Å². The minimum absolute atomic E-state index is 0.00702. The number of likely N-dealkylation sites (tertiary alicyclic amines) is 1. The lowest BCUT2D eigenvalue weighted by molar-refractivity contribution is -0.130. The molecule has 0 spiro atoms. The van der Waals surface area contributed by atoms with Crippen LogP contribution in [-0.4, -0.2) is 30.4 Å². The third-order valence-electron chi connectivity index (χ3n) is 3.69. The summed E-state index contributed by atoms with van der Waals surface area (Å²) in [5.74, 6) is 0.221. The van der Waals surface area contributed by atoms with Gasteiger partial charge < -0.3 is 10.2 Å². The molecule has 0 saturated carbocycles. The lowest BCUT2D eigenvalue weighted by Gasteiger charge is -2.18. The summed E-state index contributed by atoms with van der Waals surface area (Å²) in [4.78, 5) is 13.9. The topological polar surface area (TPSA) is 56.1 Å². The summed E-state index contributed by atoms with van der Waals surface area (Å²) in [7, 11) is 0. The average Bonchev–Trinajstić information content (AvgIpc) is 3.01. The molecule has 1 aliphatic heterocycles. The highest BCUT2D eigenvalue weighted by Crippen LogP contribution is 2.16. The molecule has 1 fully saturated rings. The first-order chi connectivity index (χ1) is 9.81. The van der Waals surface area contributed by atoms with Gasteiger partial charge in [-0.05, 0) is 18.4 Å². The van der Waals surface area contributed by atoms with Gasteiger partial charge in [0, 0.05) is 32.1 Å². The third-order valence-corrected chi connectivity index (χ3v) is 3.69. The predicted octanol–water partition coefficient (Wildman–Crippen LogP) is 2.24. The molecule has 1 aromatic carbocycles. The van der Waals surface area contributed by atoms with Crippen LogP contribution in [0.5, 0.6) is 0 Å². The van der Waals surface area contributed by atoms with Gasteiger partial charge in [0.1, 0.15) is 0 Å². The molecule has 0 bridgehead atoms. The summed E-state index contributed by atoms with van der Waals surface area (Å²) < 4.78 is 0. The number of nitrogens with one attached hydrogen (secondary N) is 1. The highest BCUT2D eigenvalue weighted by molar-refractivity contribution is 5.76. The number of benzene rings is 1. The minimum Gasteiger partial charge on any atom is -0.343 e. The molecular formula is C16H21N3O. The van der Waals surface area contributed by atoms with Crippen LogP contribution in [0.25, 0.3) is 0 Å². The van der Waals surface area contributed by atoms with Gasteiger partial charge in [-0.25, -0.2) is 0 Å². The Kier molecular flexibility index (Phi) is 5.57. The zero-order valence-electron chi connectivity index (χ0n) is 11.7. The maximum absolute atomic E-state index is 11.9. The number of nitrogens with zero attached hydrogens (tertiary/aromatic N) is 2. The van der Waals surface area contributed by atoms with E-state index in [1.165, 1.54) is 0 Å². The maximum Gasteiger partial charge on any atom is 0.223 e. The molecule has 106 valence electrons. The molecule has 1 aliphatic rings. The molecule has 1 atom stereocenters. The fourth-order valence-corrected chi connectivity index (χ4v) is 2.56. The molecule has 0 aromatic heterocycles. The van der Waals surface area contributed by atoms with E-state index < -0.39 is 0 Å². The average molecular weight is 271 g/mol. The van der Waals surface area contributed by atoms with Crippen LogP contribution in [0.1, 0.15) is 37.3 Å². The van der Waals surface area contributed by atoms with E-state index >= 15 is 0 Å². The van der Waals surface area contributed by atoms with Gasteiger partial charge in [-0.1, -0.05) is 30.3 Å². The van der Waals surface area contributed by atoms with Crippen LogP contribution < -0.4 is 5.32 Å². The van der Waals surface area contributed by atoms with Gasteiger partial charge >= 0.3 is 0 Å². The van der Waals surface area contributed by atoms with Crippen LogP contribution >= 0.6 is 0 Å². The van der Waals surface area contributed by atoms with Crippen molar-refractivity contribution in [3.8, 4) is 6.07 Å². The molecule has 1 unspecified atom stereocenters. The van der Waals surface area contributed by atoms with Crippen molar-refractivity contribution in [1.29, 1.82) is 5.26 Å². The number of hydrogen-bond donors (Lipinski definition) is 1. The second-order valence-electron chi connectivity index (χ2n) is 5.12. The largest absolute Gasteiger partial charge is 0.343 e. The Morgan fingerprint density at radius 2 is 2.00 bits per heavy atom. The Bertz CT molecular complexity index is 460. The molecule has 20 heavy (non-hydrogen) atoms. The van der Waals surface area contributed by atoms with Crippen molar-refractivity contribution >= 4 is 5.91 Å². The molecule has 4 nitrogen and oxygen atoms in total. The van der Waals surface area contributed by atoms with E-state index in [0.717, 1.165) is 31.5 Å². The number of carbonyl (C=O) groups excluding carboxylic acids is 1. The number of hydrogen-bond acceptors (Lipinski definition) is 3. The Hall–Kier alpha value is -1.86. The first kappa shape index (κ1) is 14.5. The van der Waals surface area contributed by atoms with E-state index in [4.69, 9.17) is 5.26 Å². The fraction of sp³-hybridized carbons (Fsp3) is 0.500. The third kappa shape index (κ3) is 4.07. The van der Waals surface area contributed by atoms with Crippen molar-refractivity contribution in [2.45, 2.75) is 31.7 Å². The molecule has 1 heterocycles. The predicted molar refractivity (Wildman–Crippen MR) is 77.8 cm³/mol. The van der Waals surface area contributed by atoms with Crippen molar-refractivity contribution in [2.24, 2.45) is 0 Å². The lowest BCUT2D eigenvalue weighted by atomic mass is 10.0. The molecule has 0 aliphatic carbocycles. The van der Waals surface area contributed by atoms with Crippen molar-refractivity contribution in [3.63, 3.8) is 0 Å². The van der Waals surface area contributed by atoms with Crippen LogP contribution in [0.3, 0.4) is 0 Å². The number of nitriles is 1. The highest BCUT2D eigenvalue weighted by atomic mass is 16.2. The Balaban J connectivity index is 1.81. The molecule has 4 heteroatoms. The van der Waals surface area contributed by atoms with Crippen LogP contribution in [0.4, 0.5) is 0 Å². The maximum atomic E-state index is 11.9. The molecule has 2 rings (SSSR count). The number of rotatable bonds is 6. The van der Waals surface area contributed by atoms with Gasteiger partial charge in [0.25, 0.3) is 0 Å². The lowest BCUT2D eigenvalue weighted by Crippen LogP contribution is -2.31. The summed E-state index contributed by atoms with van der Waals surface area (Å²) in [6.45, 7) is 2.43. The van der Waals surface area contributed by atoms with Gasteiger partial charge in [0.15, 0.2) is 0 Å². The number of amides is 1. The highest BCUT2D eigenvalue weighted by Gasteiger charge is 2.18. The van der Waals surface area contributed by atoms with Crippen LogP contribution in [0.15, 0.2) is 30.3 Å². The zero-order chi connectivity index (χ0) is 14.2. The van der Waals surface area contributed by atoms with E-state index in [-0.39, 0.29) is 11.9 Å². The quantitative estimate of drug-likeness (QED) is 0.863. The molecule has 1 aromatic rings. The summed E-state index contributed by atoms with van der Waals surface area (Å²) in [5, 5.41) is 12.2. The second-order valence-corrected chi connectivity index (χ2v) is 5.12. The van der Waals surface area contributed by atoms with Crippen molar-refractivity contribution in [1.82, 2.24) is 10.2 Å². The summed E-state index contributed by atoms with van der Waals surface area (Å²) in [6.07, 6.45) is 3.18. The normalized spacial score (nSPS) is 15.8. The van der Waals surface area contributed by atoms with Crippen LogP contribution in [-0.2, 0) is 4.79 Å². The van der Waals surface area contributed by atoms with Crippen molar-refractivity contribution in [2.75, 3.05) is 19.6 Å². The smallest absolute Gasteiger partial charge is 0.223 e. The van der Waals surface area contributed by atoms with Crippen LogP contribution in [0.2, 0.25) is 0 Å². The first-order valence-corrected chi connectivity index (χ1v) is 7.24. The summed E-state index contributed by atoms with van der Waals surface area (Å²) in [6, 6.07) is 12.1. The first-order valence-electron chi connectivity index (χ1n) is 7.24. The van der Waals surface area contributed by atoms with E-state index in [0.29, 0.717) is 19.4 Å². The van der Waals surface area contributed by atoms with Crippen LogP contribution in [0, 0.1) is 11.3 Å². The van der Waals surface area contributed by atoms with E-state index in [1.54, 1.807) is 0 Å². The Morgan fingerprint density at radius 1 is 1.30 bits per heavy atom. The molecule has 1 saturated heterocycles. The van der Waals surface area contributed by atoms with E-state index in [9.17, 15) is 4.79 Å². The second kappa shape index (κ2) is 7.66. The van der Waals surface area contributed by atoms with Gasteiger partial charge in [-0.15, -0.1) is 0 Å². The summed E-state index contributed by atoms with van der Waals surface area (Å²) in [5.41, 5.74) is 1.10. The SMILES string of the molecule is N#CCC(NCCC(=O)N1CCCC1)c1ccccc1. The van der Waals surface area contributed by atoms with Gasteiger partial charge in [-0.3, -0.25) is 4.79 Å². The summed E-state index contributed by atoms with van der Waals surface area (Å²) >= 11 is 0. The van der Waals surface area contributed by atoms with Crippen molar-refractivity contribution < 1.29 is 4.79 Å². The Labute approximate surface area is 120 Å². The Morgan fingerprint density at radius 3 is 2.65 bits per heavy atom. The molecule has 1 amide bonds. The monoisotopic (exact) mass is 271 g/mol. The number of carbonyl (C=O) groups is 1. The molecule has 0 radical (unpaired) electrons. The van der Waals surface area contributed by atoms with Gasteiger partial charge in [0.2, 0.25) is 5.91 Å². The fourth-order valence-electron chi connectivity index (χ4n) is 2.56. The molecule has 1 N–H and O–H groups in total. The zero-order valence-corrected chi connectivity index (χ0v) is 11.7. The van der Waals surface area contributed by atoms with E-state index in [2.05, 4.69) is 11.4 Å². The van der Waals surface area contributed by atoms with Gasteiger partial charge in [-0.2, -0.15) is 5.26 Å². The van der Waals surface area contributed by atoms with Crippen molar-refractivity contribution in [3.05, 3.63) is 35.9 Å². The molecular weight excluding hydrogens is 250 g/mol. The van der Waals surface area contributed by atoms with E-state index in [1.807, 2.05) is 35.2 Å². The standard InChI is InChI=1S/C16H21N3O/c17-10-8-15(14-6-2-1-3-7-14)18-11-9-16(20)19-12-4-5-13-19/h1-3,6-7,15,18H,4-5,8-9,11-13H2.